The van der Waals surface area contributed by atoms with Crippen molar-refractivity contribution in [2.24, 2.45) is 5.10 Å². The van der Waals surface area contributed by atoms with Crippen molar-refractivity contribution in [3.8, 4) is 22.5 Å². The third-order valence-electron chi connectivity index (χ3n) is 5.53. The summed E-state index contributed by atoms with van der Waals surface area (Å²) in [6.07, 6.45) is 5.63. The Balaban J connectivity index is 1.30. The van der Waals surface area contributed by atoms with Gasteiger partial charge in [0.25, 0.3) is 0 Å². The van der Waals surface area contributed by atoms with Crippen LogP contribution in [0.5, 0.6) is 0 Å². The van der Waals surface area contributed by atoms with E-state index in [-0.39, 0.29) is 12.3 Å². The van der Waals surface area contributed by atoms with Crippen molar-refractivity contribution in [2.45, 2.75) is 13.0 Å². The fraction of sp³-hybridized carbons (Fsp3) is 0.0741. The van der Waals surface area contributed by atoms with Crippen molar-refractivity contribution in [3.63, 3.8) is 0 Å². The van der Waals surface area contributed by atoms with E-state index in [1.54, 1.807) is 12.5 Å². The molecule has 162 valence electrons. The molecule has 0 saturated heterocycles. The molecule has 2 heterocycles. The summed E-state index contributed by atoms with van der Waals surface area (Å²) in [6, 6.07) is 28.2. The standard InChI is InChI=1S/C27H23N5O/c33-25(31-30-18-22-17-28-24-14-8-7-13-23(22)24)15-16-32-19-29-26(20-9-3-1-4-10-20)27(32)21-11-5-2-6-12-21/h1-14,17-19,28H,15-16H2,(H,31,33)/b30-18-. The number of amides is 1. The van der Waals surface area contributed by atoms with E-state index in [0.29, 0.717) is 6.54 Å². The van der Waals surface area contributed by atoms with Crippen molar-refractivity contribution >= 4 is 23.0 Å². The first-order valence-corrected chi connectivity index (χ1v) is 10.8. The van der Waals surface area contributed by atoms with Crippen molar-refractivity contribution < 1.29 is 4.79 Å². The maximum atomic E-state index is 12.5. The Bertz CT molecular complexity index is 1400. The highest BCUT2D eigenvalue weighted by Crippen LogP contribution is 2.31. The van der Waals surface area contributed by atoms with E-state index in [2.05, 4.69) is 32.6 Å². The third kappa shape index (κ3) is 4.45. The molecular weight excluding hydrogens is 410 g/mol. The highest BCUT2D eigenvalue weighted by Gasteiger charge is 2.15. The lowest BCUT2D eigenvalue weighted by atomic mass is 10.0. The normalized spacial score (nSPS) is 11.3. The largest absolute Gasteiger partial charge is 0.361 e. The average molecular weight is 434 g/mol. The van der Waals surface area contributed by atoms with Gasteiger partial charge in [-0.3, -0.25) is 4.79 Å². The second kappa shape index (κ2) is 9.36. The minimum Gasteiger partial charge on any atom is -0.361 e. The molecule has 0 aliphatic heterocycles. The van der Waals surface area contributed by atoms with Crippen molar-refractivity contribution in [1.29, 1.82) is 0 Å². The quantitative estimate of drug-likeness (QED) is 0.272. The van der Waals surface area contributed by atoms with Crippen LogP contribution in [0.2, 0.25) is 0 Å². The molecule has 0 saturated carbocycles. The van der Waals surface area contributed by atoms with E-state index in [1.807, 2.05) is 83.6 Å². The van der Waals surface area contributed by atoms with Crippen molar-refractivity contribution in [1.82, 2.24) is 20.0 Å². The number of nitrogens with one attached hydrogen (secondary N) is 2. The van der Waals surface area contributed by atoms with Crippen molar-refractivity contribution in [3.05, 3.63) is 103 Å². The number of fused-ring (bicyclic) bond motifs is 1. The SMILES string of the molecule is O=C(CCn1cnc(-c2ccccc2)c1-c1ccccc1)N/N=C\c1c[nH]c2ccccc12. The summed E-state index contributed by atoms with van der Waals surface area (Å²) in [6.45, 7) is 0.499. The number of aryl methyl sites for hydroxylation is 1. The number of carbonyl (C=O) groups is 1. The molecule has 5 aromatic rings. The number of para-hydroxylation sites is 1. The van der Waals surface area contributed by atoms with Gasteiger partial charge < -0.3 is 9.55 Å². The zero-order valence-corrected chi connectivity index (χ0v) is 18.0. The number of imidazole rings is 1. The molecule has 0 fully saturated rings. The lowest BCUT2D eigenvalue weighted by molar-refractivity contribution is -0.121. The van der Waals surface area contributed by atoms with Crippen molar-refractivity contribution in [2.75, 3.05) is 0 Å². The van der Waals surface area contributed by atoms with E-state index in [1.165, 1.54) is 0 Å². The van der Waals surface area contributed by atoms with Crippen LogP contribution in [0.15, 0.2) is 103 Å². The molecule has 2 N–H and O–H groups in total. The summed E-state index contributed by atoms with van der Waals surface area (Å²) in [5, 5.41) is 5.20. The number of hydrogen-bond acceptors (Lipinski definition) is 3. The van der Waals surface area contributed by atoms with Gasteiger partial charge in [-0.25, -0.2) is 10.4 Å². The number of nitrogens with zero attached hydrogens (tertiary/aromatic N) is 3. The van der Waals surface area contributed by atoms with Gasteiger partial charge in [0.05, 0.1) is 23.9 Å². The monoisotopic (exact) mass is 433 g/mol. The Labute approximate surface area is 191 Å². The highest BCUT2D eigenvalue weighted by molar-refractivity contribution is 5.99. The average Bonchev–Trinajstić information content (AvgIpc) is 3.48. The van der Waals surface area contributed by atoms with Gasteiger partial charge in [0, 0.05) is 46.8 Å². The number of aromatic amines is 1. The predicted octanol–water partition coefficient (Wildman–Crippen LogP) is 5.24. The highest BCUT2D eigenvalue weighted by atomic mass is 16.2. The number of rotatable bonds is 7. The van der Waals surface area contributed by atoms with Crippen LogP contribution >= 0.6 is 0 Å². The Morgan fingerprint density at radius 1 is 0.939 bits per heavy atom. The number of aromatic nitrogens is 3. The topological polar surface area (TPSA) is 75.1 Å². The molecule has 0 bridgehead atoms. The van der Waals surface area contributed by atoms with E-state index < -0.39 is 0 Å². The summed E-state index contributed by atoms with van der Waals surface area (Å²) >= 11 is 0. The van der Waals surface area contributed by atoms with E-state index in [0.717, 1.165) is 39.0 Å². The Morgan fingerprint density at radius 3 is 2.42 bits per heavy atom. The van der Waals surface area contributed by atoms with Gasteiger partial charge in [-0.2, -0.15) is 5.10 Å². The third-order valence-corrected chi connectivity index (χ3v) is 5.53. The van der Waals surface area contributed by atoms with Crippen LogP contribution in [-0.2, 0) is 11.3 Å². The molecule has 0 atom stereocenters. The van der Waals surface area contributed by atoms with E-state index in [9.17, 15) is 4.79 Å². The van der Waals surface area contributed by atoms with Crippen LogP contribution in [0.25, 0.3) is 33.4 Å². The Morgan fingerprint density at radius 2 is 1.64 bits per heavy atom. The van der Waals surface area contributed by atoms with Gasteiger partial charge in [0.15, 0.2) is 0 Å². The molecule has 6 nitrogen and oxygen atoms in total. The number of benzene rings is 3. The summed E-state index contributed by atoms with van der Waals surface area (Å²) in [5.41, 5.74) is 8.61. The van der Waals surface area contributed by atoms with Crippen LogP contribution in [0.1, 0.15) is 12.0 Å². The summed E-state index contributed by atoms with van der Waals surface area (Å²) < 4.78 is 2.03. The van der Waals surface area contributed by atoms with Gasteiger partial charge in [0.1, 0.15) is 0 Å². The lowest BCUT2D eigenvalue weighted by Crippen LogP contribution is -2.19. The number of carbonyl (C=O) groups excluding carboxylic acids is 1. The molecule has 1 amide bonds. The Kier molecular flexibility index (Phi) is 5.80. The van der Waals surface area contributed by atoms with Crippen LogP contribution in [-0.4, -0.2) is 26.7 Å². The molecule has 6 heteroatoms. The first-order chi connectivity index (χ1) is 16.3. The van der Waals surface area contributed by atoms with Gasteiger partial charge in [-0.15, -0.1) is 0 Å². The zero-order valence-electron chi connectivity index (χ0n) is 18.0. The van der Waals surface area contributed by atoms with Gasteiger partial charge in [0.2, 0.25) is 5.91 Å². The van der Waals surface area contributed by atoms with Crippen LogP contribution in [0, 0.1) is 0 Å². The van der Waals surface area contributed by atoms with Crippen LogP contribution in [0.3, 0.4) is 0 Å². The van der Waals surface area contributed by atoms with Gasteiger partial charge in [-0.1, -0.05) is 78.9 Å². The fourth-order valence-electron chi connectivity index (χ4n) is 3.91. The number of hydrogen-bond donors (Lipinski definition) is 2. The minimum atomic E-state index is -0.153. The first-order valence-electron chi connectivity index (χ1n) is 10.8. The molecule has 0 spiro atoms. The van der Waals surface area contributed by atoms with Crippen LogP contribution < -0.4 is 5.43 Å². The molecule has 0 radical (unpaired) electrons. The van der Waals surface area contributed by atoms with Gasteiger partial charge in [-0.05, 0) is 6.07 Å². The zero-order chi connectivity index (χ0) is 22.5. The molecule has 5 rings (SSSR count). The molecule has 33 heavy (non-hydrogen) atoms. The summed E-state index contributed by atoms with van der Waals surface area (Å²) in [4.78, 5) is 20.3. The second-order valence-corrected chi connectivity index (χ2v) is 7.70. The summed E-state index contributed by atoms with van der Waals surface area (Å²) in [5.74, 6) is -0.153. The van der Waals surface area contributed by atoms with Crippen LogP contribution in [0.4, 0.5) is 0 Å². The molecular formula is C27H23N5O. The van der Waals surface area contributed by atoms with E-state index >= 15 is 0 Å². The second-order valence-electron chi connectivity index (χ2n) is 7.70. The Hall–Kier alpha value is -4.45. The maximum Gasteiger partial charge on any atom is 0.241 e. The number of hydrazone groups is 1. The number of H-pyrrole nitrogens is 1. The minimum absolute atomic E-state index is 0.153. The predicted molar refractivity (Wildman–Crippen MR) is 132 cm³/mol. The first kappa shape index (κ1) is 20.5. The maximum absolute atomic E-state index is 12.5. The molecule has 2 aromatic heterocycles. The molecule has 0 unspecified atom stereocenters. The van der Waals surface area contributed by atoms with E-state index in [4.69, 9.17) is 0 Å². The molecule has 3 aromatic carbocycles. The van der Waals surface area contributed by atoms with Gasteiger partial charge >= 0.3 is 0 Å². The molecule has 0 aliphatic rings. The smallest absolute Gasteiger partial charge is 0.241 e. The fourth-order valence-corrected chi connectivity index (χ4v) is 3.91. The lowest BCUT2D eigenvalue weighted by Gasteiger charge is -2.10. The molecule has 0 aliphatic carbocycles. The summed E-state index contributed by atoms with van der Waals surface area (Å²) in [7, 11) is 0.